The van der Waals surface area contributed by atoms with Crippen LogP contribution >= 0.6 is 0 Å². The summed E-state index contributed by atoms with van der Waals surface area (Å²) in [5.74, 6) is -1.36. The van der Waals surface area contributed by atoms with Gasteiger partial charge in [-0.2, -0.15) is 0 Å². The van der Waals surface area contributed by atoms with Crippen molar-refractivity contribution in [2.24, 2.45) is 0 Å². The number of nitrogens with one attached hydrogen (secondary N) is 4. The summed E-state index contributed by atoms with van der Waals surface area (Å²) in [7, 11) is 1.49. The highest BCUT2D eigenvalue weighted by atomic mass is 16.4. The van der Waals surface area contributed by atoms with E-state index in [0.29, 0.717) is 5.69 Å². The predicted molar refractivity (Wildman–Crippen MR) is 68.9 cm³/mol. The van der Waals surface area contributed by atoms with Gasteiger partial charge in [0, 0.05) is 38.3 Å². The van der Waals surface area contributed by atoms with Gasteiger partial charge in [-0.05, 0) is 0 Å². The van der Waals surface area contributed by atoms with E-state index in [4.69, 9.17) is 5.11 Å². The van der Waals surface area contributed by atoms with Crippen molar-refractivity contribution in [3.05, 3.63) is 18.2 Å². The molecule has 0 aromatic carbocycles. The standard InChI is InChI=1S/C11H17N5O4/c1-12-9(17)2-3-14-11(20)16-8(10(18)19)4-7-5-13-6-15-7/h5-6,8H,2-4H2,1H3,(H,12,17)(H,13,15)(H,18,19)(H2,14,16,20)/t8-/m0/s1. The van der Waals surface area contributed by atoms with Crippen molar-refractivity contribution in [3.63, 3.8) is 0 Å². The number of nitrogens with zero attached hydrogens (tertiary/aromatic N) is 1. The van der Waals surface area contributed by atoms with Crippen LogP contribution in [0.5, 0.6) is 0 Å². The topological polar surface area (TPSA) is 136 Å². The highest BCUT2D eigenvalue weighted by Crippen LogP contribution is 1.98. The lowest BCUT2D eigenvalue weighted by atomic mass is 10.2. The molecule has 0 spiro atoms. The summed E-state index contributed by atoms with van der Waals surface area (Å²) in [6.07, 6.45) is 3.14. The first-order valence-electron chi connectivity index (χ1n) is 5.98. The second kappa shape index (κ2) is 7.77. The molecular weight excluding hydrogens is 266 g/mol. The van der Waals surface area contributed by atoms with Gasteiger partial charge in [-0.15, -0.1) is 0 Å². The zero-order chi connectivity index (χ0) is 15.0. The molecule has 0 radical (unpaired) electrons. The minimum atomic E-state index is -1.15. The first-order chi connectivity index (χ1) is 9.52. The van der Waals surface area contributed by atoms with E-state index in [1.54, 1.807) is 0 Å². The number of aromatic nitrogens is 2. The molecule has 0 bridgehead atoms. The Morgan fingerprint density at radius 1 is 1.45 bits per heavy atom. The van der Waals surface area contributed by atoms with E-state index in [-0.39, 0.29) is 25.3 Å². The van der Waals surface area contributed by atoms with Crippen LogP contribution in [0.3, 0.4) is 0 Å². The van der Waals surface area contributed by atoms with Crippen molar-refractivity contribution in [1.29, 1.82) is 0 Å². The number of hydrogen-bond donors (Lipinski definition) is 5. The first kappa shape index (κ1) is 15.5. The molecule has 0 unspecified atom stereocenters. The predicted octanol–water partition coefficient (Wildman–Crippen LogP) is -1.16. The van der Waals surface area contributed by atoms with Gasteiger partial charge in [0.05, 0.1) is 6.33 Å². The lowest BCUT2D eigenvalue weighted by Crippen LogP contribution is -2.47. The molecule has 0 aliphatic heterocycles. The van der Waals surface area contributed by atoms with Crippen molar-refractivity contribution in [3.8, 4) is 0 Å². The van der Waals surface area contributed by atoms with Crippen LogP contribution in [0.1, 0.15) is 12.1 Å². The molecular formula is C11H17N5O4. The van der Waals surface area contributed by atoms with E-state index in [1.165, 1.54) is 19.6 Å². The van der Waals surface area contributed by atoms with Crippen LogP contribution in [0.25, 0.3) is 0 Å². The molecule has 0 fully saturated rings. The molecule has 0 aliphatic rings. The molecule has 0 saturated heterocycles. The summed E-state index contributed by atoms with van der Waals surface area (Å²) < 4.78 is 0. The summed E-state index contributed by atoms with van der Waals surface area (Å²) in [5, 5.41) is 16.2. The van der Waals surface area contributed by atoms with Crippen LogP contribution in [0.2, 0.25) is 0 Å². The number of carbonyl (C=O) groups is 3. The fourth-order valence-corrected chi connectivity index (χ4v) is 1.44. The number of urea groups is 1. The van der Waals surface area contributed by atoms with E-state index in [0.717, 1.165) is 0 Å². The zero-order valence-electron chi connectivity index (χ0n) is 11.0. The molecule has 0 saturated carbocycles. The molecule has 1 rings (SSSR count). The first-order valence-corrected chi connectivity index (χ1v) is 5.98. The van der Waals surface area contributed by atoms with Gasteiger partial charge >= 0.3 is 12.0 Å². The van der Waals surface area contributed by atoms with Gasteiger partial charge < -0.3 is 26.0 Å². The van der Waals surface area contributed by atoms with Crippen LogP contribution in [-0.2, 0) is 16.0 Å². The average Bonchev–Trinajstić information content (AvgIpc) is 2.90. The Labute approximate surface area is 115 Å². The lowest BCUT2D eigenvalue weighted by Gasteiger charge is -2.14. The maximum atomic E-state index is 11.5. The number of carboxylic acid groups (broad SMARTS) is 1. The maximum Gasteiger partial charge on any atom is 0.326 e. The van der Waals surface area contributed by atoms with E-state index in [9.17, 15) is 14.4 Å². The molecule has 1 atom stereocenters. The monoisotopic (exact) mass is 283 g/mol. The summed E-state index contributed by atoms with van der Waals surface area (Å²) in [4.78, 5) is 40.0. The normalized spacial score (nSPS) is 11.4. The van der Waals surface area contributed by atoms with Gasteiger partial charge in [0.25, 0.3) is 0 Å². The zero-order valence-corrected chi connectivity index (χ0v) is 11.0. The van der Waals surface area contributed by atoms with Gasteiger partial charge in [0.1, 0.15) is 6.04 Å². The summed E-state index contributed by atoms with van der Waals surface area (Å²) >= 11 is 0. The minimum absolute atomic E-state index is 0.0954. The van der Waals surface area contributed by atoms with E-state index < -0.39 is 18.0 Å². The van der Waals surface area contributed by atoms with Gasteiger partial charge in [0.15, 0.2) is 0 Å². The van der Waals surface area contributed by atoms with E-state index >= 15 is 0 Å². The molecule has 110 valence electrons. The number of aliphatic carboxylic acids is 1. The molecule has 0 aliphatic carbocycles. The molecule has 9 nitrogen and oxygen atoms in total. The van der Waals surface area contributed by atoms with Gasteiger partial charge in [-0.25, -0.2) is 14.6 Å². The smallest absolute Gasteiger partial charge is 0.326 e. The number of rotatable bonds is 7. The molecule has 1 heterocycles. The lowest BCUT2D eigenvalue weighted by molar-refractivity contribution is -0.139. The Kier molecular flexibility index (Phi) is 6.01. The summed E-state index contributed by atoms with van der Waals surface area (Å²) in [6, 6.07) is -1.71. The van der Waals surface area contributed by atoms with Gasteiger partial charge in [-0.1, -0.05) is 0 Å². The van der Waals surface area contributed by atoms with E-state index in [2.05, 4.69) is 25.9 Å². The Hall–Kier alpha value is -2.58. The number of H-pyrrole nitrogens is 1. The number of hydrogen-bond acceptors (Lipinski definition) is 4. The second-order valence-corrected chi connectivity index (χ2v) is 4.00. The number of amides is 3. The molecule has 1 aromatic heterocycles. The van der Waals surface area contributed by atoms with Crippen molar-refractivity contribution in [2.75, 3.05) is 13.6 Å². The summed E-state index contributed by atoms with van der Waals surface area (Å²) in [5.41, 5.74) is 0.600. The van der Waals surface area contributed by atoms with Crippen LogP contribution in [-0.4, -0.2) is 52.6 Å². The third kappa shape index (κ3) is 5.38. The Morgan fingerprint density at radius 3 is 2.75 bits per heavy atom. The molecule has 9 heteroatoms. The van der Waals surface area contributed by atoms with Gasteiger partial charge in [-0.3, -0.25) is 4.79 Å². The Morgan fingerprint density at radius 2 is 2.20 bits per heavy atom. The average molecular weight is 283 g/mol. The van der Waals surface area contributed by atoms with Crippen LogP contribution in [0.15, 0.2) is 12.5 Å². The molecule has 3 amide bonds. The molecule has 20 heavy (non-hydrogen) atoms. The SMILES string of the molecule is CNC(=O)CCNC(=O)N[C@@H](Cc1cnc[nH]1)C(=O)O. The fourth-order valence-electron chi connectivity index (χ4n) is 1.44. The van der Waals surface area contributed by atoms with Crippen LogP contribution in [0.4, 0.5) is 4.79 Å². The maximum absolute atomic E-state index is 11.5. The third-order valence-electron chi connectivity index (χ3n) is 2.50. The number of aromatic amines is 1. The van der Waals surface area contributed by atoms with E-state index in [1.807, 2.05) is 0 Å². The molecule has 5 N–H and O–H groups in total. The van der Waals surface area contributed by atoms with Crippen LogP contribution < -0.4 is 16.0 Å². The highest BCUT2D eigenvalue weighted by Gasteiger charge is 2.20. The van der Waals surface area contributed by atoms with Gasteiger partial charge in [0.2, 0.25) is 5.91 Å². The fraction of sp³-hybridized carbons (Fsp3) is 0.455. The highest BCUT2D eigenvalue weighted by molar-refractivity contribution is 5.83. The Balaban J connectivity index is 2.39. The quantitative estimate of drug-likeness (QED) is 0.430. The van der Waals surface area contributed by atoms with Crippen molar-refractivity contribution >= 4 is 17.9 Å². The summed E-state index contributed by atoms with van der Waals surface area (Å²) in [6.45, 7) is 0.127. The number of imidazole rings is 1. The van der Waals surface area contributed by atoms with Crippen LogP contribution in [0, 0.1) is 0 Å². The van der Waals surface area contributed by atoms with Crippen molar-refractivity contribution < 1.29 is 19.5 Å². The number of carbonyl (C=O) groups excluding carboxylic acids is 2. The van der Waals surface area contributed by atoms with Crippen molar-refractivity contribution in [1.82, 2.24) is 25.9 Å². The number of carboxylic acids is 1. The third-order valence-corrected chi connectivity index (χ3v) is 2.50. The molecule has 1 aromatic rings. The van der Waals surface area contributed by atoms with Crippen molar-refractivity contribution in [2.45, 2.75) is 18.9 Å². The minimum Gasteiger partial charge on any atom is -0.480 e. The largest absolute Gasteiger partial charge is 0.480 e. The second-order valence-electron chi connectivity index (χ2n) is 4.00. The Bertz CT molecular complexity index is 459.